The molecule has 0 spiro atoms. The van der Waals surface area contributed by atoms with Crippen LogP contribution in [-0.4, -0.2) is 13.2 Å². The van der Waals surface area contributed by atoms with Crippen molar-refractivity contribution in [1.29, 1.82) is 0 Å². The molecule has 2 atom stereocenters. The van der Waals surface area contributed by atoms with E-state index in [1.54, 1.807) is 6.07 Å². The first-order valence-corrected chi connectivity index (χ1v) is 7.18. The molecule has 0 fully saturated rings. The average molecular weight is 287 g/mol. The summed E-state index contributed by atoms with van der Waals surface area (Å²) in [6.45, 7) is 5.94. The van der Waals surface area contributed by atoms with Crippen LogP contribution in [0, 0.1) is 19.7 Å². The van der Waals surface area contributed by atoms with E-state index in [0.717, 1.165) is 11.3 Å². The lowest BCUT2D eigenvalue weighted by Gasteiger charge is -2.26. The van der Waals surface area contributed by atoms with Crippen molar-refractivity contribution in [3.05, 3.63) is 65.0 Å². The quantitative estimate of drug-likeness (QED) is 0.891. The van der Waals surface area contributed by atoms with Gasteiger partial charge in [0.05, 0.1) is 6.04 Å². The summed E-state index contributed by atoms with van der Waals surface area (Å²) in [7, 11) is 1.92. The van der Waals surface area contributed by atoms with Crippen molar-refractivity contribution >= 4 is 0 Å². The van der Waals surface area contributed by atoms with E-state index in [4.69, 9.17) is 4.74 Å². The Hall–Kier alpha value is -1.87. The lowest BCUT2D eigenvalue weighted by Crippen LogP contribution is -2.31. The molecule has 2 aromatic carbocycles. The largest absolute Gasteiger partial charge is 0.488 e. The minimum absolute atomic E-state index is 0.0677. The zero-order chi connectivity index (χ0) is 15.4. The highest BCUT2D eigenvalue weighted by atomic mass is 19.1. The Labute approximate surface area is 126 Å². The molecule has 112 valence electrons. The highest BCUT2D eigenvalue weighted by Crippen LogP contribution is 2.25. The Balaban J connectivity index is 2.16. The zero-order valence-electron chi connectivity index (χ0n) is 13.0. The molecule has 21 heavy (non-hydrogen) atoms. The lowest BCUT2D eigenvalue weighted by molar-refractivity contribution is 0.174. The molecule has 0 aliphatic heterocycles. The fourth-order valence-electron chi connectivity index (χ4n) is 2.46. The van der Waals surface area contributed by atoms with Gasteiger partial charge in [0.2, 0.25) is 0 Å². The number of halogens is 1. The molecular formula is C18H22FNO. The van der Waals surface area contributed by atoms with Crippen molar-refractivity contribution in [3.8, 4) is 5.75 Å². The molecule has 2 unspecified atom stereocenters. The molecule has 3 heteroatoms. The standard InChI is InChI=1S/C18H22FNO/c1-12-5-7-15(8-6-12)18(20-4)14(3)21-17-10-9-16(19)11-13(17)2/h5-11,14,18,20H,1-4H3. The monoisotopic (exact) mass is 287 g/mol. The van der Waals surface area contributed by atoms with Crippen LogP contribution in [-0.2, 0) is 0 Å². The van der Waals surface area contributed by atoms with Gasteiger partial charge in [-0.05, 0) is 57.1 Å². The molecule has 0 aliphatic rings. The van der Waals surface area contributed by atoms with E-state index in [9.17, 15) is 4.39 Å². The van der Waals surface area contributed by atoms with E-state index in [1.807, 2.05) is 20.9 Å². The molecule has 0 aliphatic carbocycles. The van der Waals surface area contributed by atoms with Crippen LogP contribution in [0.3, 0.4) is 0 Å². The first-order valence-electron chi connectivity index (χ1n) is 7.18. The fourth-order valence-corrected chi connectivity index (χ4v) is 2.46. The van der Waals surface area contributed by atoms with Crippen molar-refractivity contribution in [2.45, 2.75) is 32.9 Å². The van der Waals surface area contributed by atoms with E-state index in [0.29, 0.717) is 0 Å². The van der Waals surface area contributed by atoms with E-state index >= 15 is 0 Å². The molecule has 0 aromatic heterocycles. The summed E-state index contributed by atoms with van der Waals surface area (Å²) in [6, 6.07) is 13.1. The van der Waals surface area contributed by atoms with Gasteiger partial charge in [0.15, 0.2) is 0 Å². The van der Waals surface area contributed by atoms with Gasteiger partial charge in [-0.3, -0.25) is 0 Å². The highest BCUT2D eigenvalue weighted by Gasteiger charge is 2.19. The zero-order valence-corrected chi connectivity index (χ0v) is 13.0. The summed E-state index contributed by atoms with van der Waals surface area (Å²) in [5.74, 6) is 0.479. The van der Waals surface area contributed by atoms with Crippen LogP contribution >= 0.6 is 0 Å². The third-order valence-electron chi connectivity index (χ3n) is 3.67. The summed E-state index contributed by atoms with van der Waals surface area (Å²) in [5, 5.41) is 3.29. The second kappa shape index (κ2) is 6.72. The van der Waals surface area contributed by atoms with Gasteiger partial charge in [0.25, 0.3) is 0 Å². The third kappa shape index (κ3) is 3.82. The number of hydrogen-bond donors (Lipinski definition) is 1. The number of benzene rings is 2. The third-order valence-corrected chi connectivity index (χ3v) is 3.67. The van der Waals surface area contributed by atoms with E-state index in [-0.39, 0.29) is 18.0 Å². The summed E-state index contributed by atoms with van der Waals surface area (Å²) in [5.41, 5.74) is 3.22. The van der Waals surface area contributed by atoms with Gasteiger partial charge >= 0.3 is 0 Å². The fraction of sp³-hybridized carbons (Fsp3) is 0.333. The van der Waals surface area contributed by atoms with Crippen LogP contribution in [0.4, 0.5) is 4.39 Å². The summed E-state index contributed by atoms with van der Waals surface area (Å²) < 4.78 is 19.2. The van der Waals surface area contributed by atoms with Gasteiger partial charge in [-0.1, -0.05) is 29.8 Å². The molecule has 2 nitrogen and oxygen atoms in total. The molecule has 0 heterocycles. The number of likely N-dealkylation sites (N-methyl/N-ethyl adjacent to an activating group) is 1. The number of rotatable bonds is 5. The van der Waals surface area contributed by atoms with Gasteiger partial charge < -0.3 is 10.1 Å². The smallest absolute Gasteiger partial charge is 0.123 e. The summed E-state index contributed by atoms with van der Waals surface area (Å²) >= 11 is 0. The average Bonchev–Trinajstić information content (AvgIpc) is 2.45. The van der Waals surface area contributed by atoms with Crippen LogP contribution in [0.15, 0.2) is 42.5 Å². The maximum atomic E-state index is 13.1. The Bertz CT molecular complexity index is 595. The lowest BCUT2D eigenvalue weighted by atomic mass is 10.0. The number of hydrogen-bond acceptors (Lipinski definition) is 2. The van der Waals surface area contributed by atoms with Crippen LogP contribution in [0.5, 0.6) is 5.75 Å². The van der Waals surface area contributed by atoms with Crippen LogP contribution in [0.2, 0.25) is 0 Å². The molecule has 0 radical (unpaired) electrons. The number of aryl methyl sites for hydroxylation is 2. The van der Waals surface area contributed by atoms with Crippen LogP contribution in [0.25, 0.3) is 0 Å². The Morgan fingerprint density at radius 3 is 2.29 bits per heavy atom. The van der Waals surface area contributed by atoms with Crippen molar-refractivity contribution < 1.29 is 9.13 Å². The normalized spacial score (nSPS) is 13.8. The Morgan fingerprint density at radius 2 is 1.71 bits per heavy atom. The molecule has 0 bridgehead atoms. The molecule has 0 saturated carbocycles. The van der Waals surface area contributed by atoms with Crippen LogP contribution in [0.1, 0.15) is 29.7 Å². The maximum absolute atomic E-state index is 13.1. The molecule has 0 saturated heterocycles. The van der Waals surface area contributed by atoms with Gasteiger partial charge in [-0.2, -0.15) is 0 Å². The SMILES string of the molecule is CNC(c1ccc(C)cc1)C(C)Oc1ccc(F)cc1C. The molecule has 0 amide bonds. The maximum Gasteiger partial charge on any atom is 0.123 e. The van der Waals surface area contributed by atoms with E-state index in [1.165, 1.54) is 23.3 Å². The molecule has 2 rings (SSSR count). The second-order valence-electron chi connectivity index (χ2n) is 5.41. The highest BCUT2D eigenvalue weighted by molar-refractivity contribution is 5.33. The number of ether oxygens (including phenoxy) is 1. The Morgan fingerprint density at radius 1 is 1.05 bits per heavy atom. The minimum atomic E-state index is -0.240. The Kier molecular flexibility index (Phi) is 4.97. The predicted molar refractivity (Wildman–Crippen MR) is 84.2 cm³/mol. The second-order valence-corrected chi connectivity index (χ2v) is 5.41. The molecule has 2 aromatic rings. The summed E-state index contributed by atoms with van der Waals surface area (Å²) in [4.78, 5) is 0. The molecule has 1 N–H and O–H groups in total. The number of nitrogens with one attached hydrogen (secondary N) is 1. The summed E-state index contributed by atoms with van der Waals surface area (Å²) in [6.07, 6.45) is -0.0677. The topological polar surface area (TPSA) is 21.3 Å². The minimum Gasteiger partial charge on any atom is -0.488 e. The predicted octanol–water partition coefficient (Wildman–Crippen LogP) is 4.17. The van der Waals surface area contributed by atoms with Crippen molar-refractivity contribution in [3.63, 3.8) is 0 Å². The van der Waals surface area contributed by atoms with Crippen molar-refractivity contribution in [2.75, 3.05) is 7.05 Å². The first-order chi connectivity index (χ1) is 10.0. The van der Waals surface area contributed by atoms with Gasteiger partial charge in [-0.15, -0.1) is 0 Å². The van der Waals surface area contributed by atoms with Gasteiger partial charge in [0, 0.05) is 0 Å². The van der Waals surface area contributed by atoms with Gasteiger partial charge in [-0.25, -0.2) is 4.39 Å². The first kappa shape index (κ1) is 15.5. The van der Waals surface area contributed by atoms with Crippen molar-refractivity contribution in [1.82, 2.24) is 5.32 Å². The van der Waals surface area contributed by atoms with Gasteiger partial charge in [0.1, 0.15) is 17.7 Å². The van der Waals surface area contributed by atoms with E-state index in [2.05, 4.69) is 36.5 Å². The molecular weight excluding hydrogens is 265 g/mol. The van der Waals surface area contributed by atoms with Crippen molar-refractivity contribution in [2.24, 2.45) is 0 Å². The van der Waals surface area contributed by atoms with Crippen LogP contribution < -0.4 is 10.1 Å². The van der Waals surface area contributed by atoms with E-state index < -0.39 is 0 Å².